The Balaban J connectivity index is 1.26. The fourth-order valence-corrected chi connectivity index (χ4v) is 4.11. The van der Waals surface area contributed by atoms with Crippen LogP contribution in [0.5, 0.6) is 0 Å². The molecular weight excluding hydrogens is 388 g/mol. The first-order valence-electron chi connectivity index (χ1n) is 11.3. The van der Waals surface area contributed by atoms with Crippen LogP contribution in [0.25, 0.3) is 6.08 Å². The second kappa shape index (κ2) is 10.2. The number of aromatic nitrogens is 1. The largest absolute Gasteiger partial charge is 0.357 e. The first-order chi connectivity index (χ1) is 15.2. The molecule has 2 aliphatic heterocycles. The molecule has 1 aromatic heterocycles. The second-order valence-electron chi connectivity index (χ2n) is 8.22. The van der Waals surface area contributed by atoms with E-state index in [9.17, 15) is 9.59 Å². The van der Waals surface area contributed by atoms with Gasteiger partial charge in [-0.25, -0.2) is 4.98 Å². The molecule has 31 heavy (non-hydrogen) atoms. The summed E-state index contributed by atoms with van der Waals surface area (Å²) in [6, 6.07) is 11.8. The zero-order chi connectivity index (χ0) is 21.5. The Morgan fingerprint density at radius 1 is 0.968 bits per heavy atom. The number of rotatable bonds is 6. The van der Waals surface area contributed by atoms with E-state index < -0.39 is 0 Å². The molecule has 2 aliphatic rings. The summed E-state index contributed by atoms with van der Waals surface area (Å²) in [5.41, 5.74) is 2.83. The van der Waals surface area contributed by atoms with Crippen LogP contribution in [-0.4, -0.2) is 36.4 Å². The molecule has 2 aromatic rings. The molecule has 0 radical (unpaired) electrons. The molecule has 2 saturated heterocycles. The van der Waals surface area contributed by atoms with Crippen LogP contribution >= 0.6 is 0 Å². The lowest BCUT2D eigenvalue weighted by molar-refractivity contribution is -0.117. The van der Waals surface area contributed by atoms with Crippen molar-refractivity contribution in [3.05, 3.63) is 59.8 Å². The lowest BCUT2D eigenvalue weighted by Gasteiger charge is -2.21. The van der Waals surface area contributed by atoms with Gasteiger partial charge in [-0.15, -0.1) is 0 Å². The highest BCUT2D eigenvalue weighted by Crippen LogP contribution is 2.22. The highest BCUT2D eigenvalue weighted by atomic mass is 16.2. The van der Waals surface area contributed by atoms with Crippen LogP contribution in [0.4, 0.5) is 11.5 Å². The lowest BCUT2D eigenvalue weighted by atomic mass is 10.2. The van der Waals surface area contributed by atoms with E-state index in [1.54, 1.807) is 6.08 Å². The average molecular weight is 419 g/mol. The van der Waals surface area contributed by atoms with Gasteiger partial charge in [0.05, 0.1) is 0 Å². The van der Waals surface area contributed by atoms with E-state index in [2.05, 4.69) is 21.3 Å². The molecule has 6 nitrogen and oxygen atoms in total. The number of benzene rings is 1. The smallest absolute Gasteiger partial charge is 0.244 e. The number of amides is 2. The van der Waals surface area contributed by atoms with E-state index in [4.69, 9.17) is 0 Å². The Labute approximate surface area is 184 Å². The summed E-state index contributed by atoms with van der Waals surface area (Å²) >= 11 is 0. The third kappa shape index (κ3) is 5.72. The predicted octanol–water partition coefficient (Wildman–Crippen LogP) is 3.92. The first kappa shape index (κ1) is 21.1. The number of nitrogens with one attached hydrogen (secondary N) is 1. The van der Waals surface area contributed by atoms with Crippen molar-refractivity contribution in [1.29, 1.82) is 0 Å². The van der Waals surface area contributed by atoms with Crippen molar-refractivity contribution in [3.8, 4) is 0 Å². The Kier molecular flexibility index (Phi) is 6.97. The summed E-state index contributed by atoms with van der Waals surface area (Å²) in [6.07, 6.45) is 11.8. The van der Waals surface area contributed by atoms with Gasteiger partial charge in [0, 0.05) is 50.6 Å². The molecule has 2 amide bonds. The molecule has 2 fully saturated rings. The highest BCUT2D eigenvalue weighted by Gasteiger charge is 2.21. The number of hydrogen-bond donors (Lipinski definition) is 1. The van der Waals surface area contributed by atoms with E-state index in [1.807, 2.05) is 41.4 Å². The average Bonchev–Trinajstić information content (AvgIpc) is 3.05. The normalized spacial score (nSPS) is 17.2. The monoisotopic (exact) mass is 418 g/mol. The maximum atomic E-state index is 12.2. The minimum atomic E-state index is -0.143. The van der Waals surface area contributed by atoms with Gasteiger partial charge in [-0.2, -0.15) is 0 Å². The Hall–Kier alpha value is -3.15. The third-order valence-electron chi connectivity index (χ3n) is 5.91. The molecule has 1 N–H and O–H groups in total. The maximum absolute atomic E-state index is 12.2. The van der Waals surface area contributed by atoms with Crippen LogP contribution in [0.3, 0.4) is 0 Å². The van der Waals surface area contributed by atoms with Crippen molar-refractivity contribution in [1.82, 2.24) is 10.3 Å². The molecular formula is C25H30N4O2. The quantitative estimate of drug-likeness (QED) is 0.722. The molecule has 0 unspecified atom stereocenters. The molecule has 0 aliphatic carbocycles. The van der Waals surface area contributed by atoms with Crippen LogP contribution in [0.1, 0.15) is 49.7 Å². The van der Waals surface area contributed by atoms with Crippen LogP contribution in [0, 0.1) is 0 Å². The zero-order valence-electron chi connectivity index (χ0n) is 17.9. The number of carbonyl (C=O) groups is 2. The molecule has 1 aromatic carbocycles. The second-order valence-corrected chi connectivity index (χ2v) is 8.22. The summed E-state index contributed by atoms with van der Waals surface area (Å²) in [5.74, 6) is 1.06. The van der Waals surface area contributed by atoms with Gasteiger partial charge in [0.1, 0.15) is 5.82 Å². The van der Waals surface area contributed by atoms with Crippen molar-refractivity contribution >= 4 is 29.4 Å². The Morgan fingerprint density at radius 2 is 1.74 bits per heavy atom. The molecule has 3 heterocycles. The molecule has 0 saturated carbocycles. The minimum absolute atomic E-state index is 0.143. The van der Waals surface area contributed by atoms with E-state index in [0.29, 0.717) is 13.0 Å². The van der Waals surface area contributed by atoms with Crippen molar-refractivity contribution < 1.29 is 9.59 Å². The van der Waals surface area contributed by atoms with Gasteiger partial charge in [-0.1, -0.05) is 31.0 Å². The van der Waals surface area contributed by atoms with Gasteiger partial charge in [0.2, 0.25) is 11.8 Å². The fraction of sp³-hybridized carbons (Fsp3) is 0.400. The lowest BCUT2D eigenvalue weighted by Crippen LogP contribution is -2.25. The molecule has 6 heteroatoms. The van der Waals surface area contributed by atoms with Crippen molar-refractivity contribution in [3.63, 3.8) is 0 Å². The predicted molar refractivity (Wildman–Crippen MR) is 124 cm³/mol. The summed E-state index contributed by atoms with van der Waals surface area (Å²) in [7, 11) is 0. The van der Waals surface area contributed by atoms with Crippen molar-refractivity contribution in [2.45, 2.75) is 45.1 Å². The van der Waals surface area contributed by atoms with Crippen LogP contribution in [0.15, 0.2) is 48.7 Å². The van der Waals surface area contributed by atoms with E-state index in [-0.39, 0.29) is 11.8 Å². The molecule has 0 atom stereocenters. The van der Waals surface area contributed by atoms with Crippen molar-refractivity contribution in [2.24, 2.45) is 0 Å². The number of hydrogen-bond acceptors (Lipinski definition) is 4. The van der Waals surface area contributed by atoms with Gasteiger partial charge in [0.25, 0.3) is 0 Å². The maximum Gasteiger partial charge on any atom is 0.244 e. The van der Waals surface area contributed by atoms with Gasteiger partial charge in [-0.05, 0) is 54.7 Å². The topological polar surface area (TPSA) is 65.5 Å². The molecule has 4 rings (SSSR count). The SMILES string of the molecule is O=C(/C=C/c1ccc(N2CCCC2=O)cc1)NCc1ccc(N2CCCCCC2)nc1. The number of nitrogens with zero attached hydrogens (tertiary/aromatic N) is 3. The van der Waals surface area contributed by atoms with Gasteiger partial charge >= 0.3 is 0 Å². The Bertz CT molecular complexity index is 914. The van der Waals surface area contributed by atoms with Crippen molar-refractivity contribution in [2.75, 3.05) is 29.4 Å². The summed E-state index contributed by atoms with van der Waals surface area (Å²) < 4.78 is 0. The standard InChI is InChI=1S/C25H30N4O2/c30-24(14-10-20-7-11-22(12-8-20)29-17-5-6-25(29)31)27-19-21-9-13-23(26-18-21)28-15-3-1-2-4-16-28/h7-14,18H,1-6,15-17,19H2,(H,27,30)/b14-10+. The Morgan fingerprint density at radius 3 is 2.39 bits per heavy atom. The van der Waals surface area contributed by atoms with Gasteiger partial charge in [-0.3, -0.25) is 9.59 Å². The molecule has 0 spiro atoms. The van der Waals surface area contributed by atoms with Crippen LogP contribution in [-0.2, 0) is 16.1 Å². The van der Waals surface area contributed by atoms with Crippen LogP contribution in [0.2, 0.25) is 0 Å². The summed E-state index contributed by atoms with van der Waals surface area (Å²) in [6.45, 7) is 3.38. The van der Waals surface area contributed by atoms with E-state index in [0.717, 1.165) is 48.7 Å². The highest BCUT2D eigenvalue weighted by molar-refractivity contribution is 5.95. The van der Waals surface area contributed by atoms with Gasteiger partial charge < -0.3 is 15.1 Å². The third-order valence-corrected chi connectivity index (χ3v) is 5.91. The van der Waals surface area contributed by atoms with Crippen LogP contribution < -0.4 is 15.1 Å². The number of anilines is 2. The summed E-state index contributed by atoms with van der Waals surface area (Å²) in [4.78, 5) is 32.8. The summed E-state index contributed by atoms with van der Waals surface area (Å²) in [5, 5.41) is 2.91. The van der Waals surface area contributed by atoms with Gasteiger partial charge in [0.15, 0.2) is 0 Å². The first-order valence-corrected chi connectivity index (χ1v) is 11.3. The molecule has 0 bridgehead atoms. The zero-order valence-corrected chi connectivity index (χ0v) is 17.9. The molecule has 162 valence electrons. The van der Waals surface area contributed by atoms with E-state index >= 15 is 0 Å². The minimum Gasteiger partial charge on any atom is -0.357 e. The van der Waals surface area contributed by atoms with E-state index in [1.165, 1.54) is 31.8 Å². The number of carbonyl (C=O) groups excluding carboxylic acids is 2. The fourth-order valence-electron chi connectivity index (χ4n) is 4.11. The number of pyridine rings is 1.